The van der Waals surface area contributed by atoms with Gasteiger partial charge in [-0.05, 0) is 12.1 Å². The molecule has 72 valence electrons. The Labute approximate surface area is 78.4 Å². The van der Waals surface area contributed by atoms with Crippen LogP contribution in [0.1, 0.15) is 6.92 Å². The molecule has 0 aromatic heterocycles. The predicted octanol–water partition coefficient (Wildman–Crippen LogP) is 1.59. The fourth-order valence-electron chi connectivity index (χ4n) is 0.968. The maximum Gasteiger partial charge on any atom is 0.119 e. The molecule has 0 saturated heterocycles. The lowest BCUT2D eigenvalue weighted by atomic mass is 10.2. The number of ether oxygens (including phenoxy) is 1. The molecule has 0 amide bonds. The van der Waals surface area contributed by atoms with Crippen LogP contribution >= 0.6 is 0 Å². The van der Waals surface area contributed by atoms with E-state index < -0.39 is 0 Å². The molecule has 3 nitrogen and oxygen atoms in total. The minimum atomic E-state index is 0.310. The van der Waals surface area contributed by atoms with Crippen LogP contribution in [-0.4, -0.2) is 13.2 Å². The van der Waals surface area contributed by atoms with E-state index in [0.29, 0.717) is 19.1 Å². The summed E-state index contributed by atoms with van der Waals surface area (Å²) in [6.07, 6.45) is 0. The van der Waals surface area contributed by atoms with Crippen molar-refractivity contribution in [2.45, 2.75) is 6.92 Å². The van der Waals surface area contributed by atoms with Crippen molar-refractivity contribution in [2.24, 2.45) is 11.8 Å². The van der Waals surface area contributed by atoms with Crippen molar-refractivity contribution >= 4 is 0 Å². The zero-order valence-electron chi connectivity index (χ0n) is 7.77. The van der Waals surface area contributed by atoms with Crippen LogP contribution in [-0.2, 0) is 4.84 Å². The molecule has 1 rings (SSSR count). The van der Waals surface area contributed by atoms with Crippen LogP contribution in [0.15, 0.2) is 30.3 Å². The average molecular weight is 181 g/mol. The minimum absolute atomic E-state index is 0.310. The highest BCUT2D eigenvalue weighted by molar-refractivity contribution is 5.20. The van der Waals surface area contributed by atoms with Crippen LogP contribution in [0.2, 0.25) is 0 Å². The van der Waals surface area contributed by atoms with Gasteiger partial charge in [0.05, 0.1) is 13.2 Å². The van der Waals surface area contributed by atoms with Gasteiger partial charge in [0.2, 0.25) is 0 Å². The fraction of sp³-hybridized carbons (Fsp3) is 0.400. The Morgan fingerprint density at radius 1 is 1.23 bits per heavy atom. The molecular weight excluding hydrogens is 166 g/mol. The lowest BCUT2D eigenvalue weighted by Gasteiger charge is -2.11. The van der Waals surface area contributed by atoms with Crippen molar-refractivity contribution in [1.82, 2.24) is 0 Å². The van der Waals surface area contributed by atoms with E-state index in [4.69, 9.17) is 10.6 Å². The van der Waals surface area contributed by atoms with Gasteiger partial charge in [-0.25, -0.2) is 5.90 Å². The van der Waals surface area contributed by atoms with Gasteiger partial charge in [-0.3, -0.25) is 0 Å². The maximum absolute atomic E-state index is 5.48. The van der Waals surface area contributed by atoms with E-state index in [1.807, 2.05) is 37.3 Å². The van der Waals surface area contributed by atoms with Gasteiger partial charge in [0.15, 0.2) is 0 Å². The van der Waals surface area contributed by atoms with E-state index in [1.54, 1.807) is 0 Å². The molecule has 13 heavy (non-hydrogen) atoms. The SMILES string of the molecule is CC(CON)COc1ccccc1. The van der Waals surface area contributed by atoms with Crippen LogP contribution < -0.4 is 10.6 Å². The molecule has 1 aromatic carbocycles. The van der Waals surface area contributed by atoms with Crippen LogP contribution in [0.5, 0.6) is 5.75 Å². The summed E-state index contributed by atoms with van der Waals surface area (Å²) in [7, 11) is 0. The molecule has 3 heteroatoms. The topological polar surface area (TPSA) is 44.5 Å². The molecule has 0 aliphatic heterocycles. The van der Waals surface area contributed by atoms with Crippen molar-refractivity contribution in [1.29, 1.82) is 0 Å². The summed E-state index contributed by atoms with van der Waals surface area (Å²) in [6.45, 7) is 3.17. The Hall–Kier alpha value is -1.06. The summed E-state index contributed by atoms with van der Waals surface area (Å²) >= 11 is 0. The van der Waals surface area contributed by atoms with E-state index >= 15 is 0 Å². The van der Waals surface area contributed by atoms with E-state index in [-0.39, 0.29) is 0 Å². The highest BCUT2D eigenvalue weighted by atomic mass is 16.6. The highest BCUT2D eigenvalue weighted by Gasteiger charge is 2.01. The van der Waals surface area contributed by atoms with Crippen molar-refractivity contribution in [2.75, 3.05) is 13.2 Å². The minimum Gasteiger partial charge on any atom is -0.493 e. The Morgan fingerprint density at radius 3 is 2.54 bits per heavy atom. The van der Waals surface area contributed by atoms with E-state index in [2.05, 4.69) is 4.84 Å². The second-order valence-corrected chi connectivity index (χ2v) is 3.06. The highest BCUT2D eigenvalue weighted by Crippen LogP contribution is 2.09. The standard InChI is InChI=1S/C10H15NO2/c1-9(8-13-11)7-12-10-5-3-2-4-6-10/h2-6,9H,7-8,11H2,1H3. The zero-order chi connectivity index (χ0) is 9.52. The molecule has 2 N–H and O–H groups in total. The molecule has 0 heterocycles. The fourth-order valence-corrected chi connectivity index (χ4v) is 0.968. The number of nitrogens with two attached hydrogens (primary N) is 1. The lowest BCUT2D eigenvalue weighted by Crippen LogP contribution is -2.16. The van der Waals surface area contributed by atoms with Crippen molar-refractivity contribution in [3.8, 4) is 5.75 Å². The number of hydrogen-bond acceptors (Lipinski definition) is 3. The summed E-state index contributed by atoms with van der Waals surface area (Å²) in [5.74, 6) is 6.13. The Bertz CT molecular complexity index is 226. The quantitative estimate of drug-likeness (QED) is 0.701. The molecule has 1 atom stereocenters. The first-order chi connectivity index (χ1) is 6.33. The van der Waals surface area contributed by atoms with Crippen LogP contribution in [0.4, 0.5) is 0 Å². The first-order valence-electron chi connectivity index (χ1n) is 4.32. The average Bonchev–Trinajstić information content (AvgIpc) is 2.17. The summed E-state index contributed by atoms with van der Waals surface area (Å²) in [4.78, 5) is 4.51. The van der Waals surface area contributed by atoms with Gasteiger partial charge in [-0.1, -0.05) is 25.1 Å². The molecule has 0 bridgehead atoms. The van der Waals surface area contributed by atoms with Crippen LogP contribution in [0.3, 0.4) is 0 Å². The first-order valence-corrected chi connectivity index (χ1v) is 4.32. The smallest absolute Gasteiger partial charge is 0.119 e. The van der Waals surface area contributed by atoms with Crippen molar-refractivity contribution < 1.29 is 9.57 Å². The predicted molar refractivity (Wildman–Crippen MR) is 51.2 cm³/mol. The summed E-state index contributed by atoms with van der Waals surface area (Å²) in [5.41, 5.74) is 0. The molecule has 0 spiro atoms. The molecule has 1 unspecified atom stereocenters. The van der Waals surface area contributed by atoms with Gasteiger partial charge in [0, 0.05) is 5.92 Å². The van der Waals surface area contributed by atoms with Crippen molar-refractivity contribution in [3.05, 3.63) is 30.3 Å². The molecular formula is C10H15NO2. The number of benzene rings is 1. The zero-order valence-corrected chi connectivity index (χ0v) is 7.77. The molecule has 0 fully saturated rings. The lowest BCUT2D eigenvalue weighted by molar-refractivity contribution is 0.0861. The molecule has 0 aliphatic rings. The Balaban J connectivity index is 2.27. The number of rotatable bonds is 5. The summed E-state index contributed by atoms with van der Waals surface area (Å²) in [5, 5.41) is 0. The third kappa shape index (κ3) is 3.92. The second-order valence-electron chi connectivity index (χ2n) is 3.06. The Kier molecular flexibility index (Phi) is 4.29. The summed E-state index contributed by atoms with van der Waals surface area (Å²) in [6, 6.07) is 9.70. The summed E-state index contributed by atoms with van der Waals surface area (Å²) < 4.78 is 5.48. The van der Waals surface area contributed by atoms with Crippen molar-refractivity contribution in [3.63, 3.8) is 0 Å². The van der Waals surface area contributed by atoms with Gasteiger partial charge in [0.1, 0.15) is 5.75 Å². The van der Waals surface area contributed by atoms with E-state index in [0.717, 1.165) is 5.75 Å². The molecule has 0 saturated carbocycles. The maximum atomic E-state index is 5.48. The normalized spacial score (nSPS) is 12.5. The van der Waals surface area contributed by atoms with E-state index in [9.17, 15) is 0 Å². The molecule has 1 aromatic rings. The second kappa shape index (κ2) is 5.56. The number of para-hydroxylation sites is 1. The third-order valence-corrected chi connectivity index (χ3v) is 1.66. The van der Waals surface area contributed by atoms with Crippen LogP contribution in [0.25, 0.3) is 0 Å². The molecule has 0 aliphatic carbocycles. The van der Waals surface area contributed by atoms with Crippen LogP contribution in [0, 0.1) is 5.92 Å². The largest absolute Gasteiger partial charge is 0.493 e. The van der Waals surface area contributed by atoms with Gasteiger partial charge in [-0.15, -0.1) is 0 Å². The Morgan fingerprint density at radius 2 is 1.92 bits per heavy atom. The van der Waals surface area contributed by atoms with Gasteiger partial charge in [-0.2, -0.15) is 0 Å². The van der Waals surface area contributed by atoms with Gasteiger partial charge >= 0.3 is 0 Å². The molecule has 0 radical (unpaired) electrons. The number of hydrogen-bond donors (Lipinski definition) is 1. The van der Waals surface area contributed by atoms with Gasteiger partial charge in [0.25, 0.3) is 0 Å². The third-order valence-electron chi connectivity index (χ3n) is 1.66. The van der Waals surface area contributed by atoms with E-state index in [1.165, 1.54) is 0 Å². The monoisotopic (exact) mass is 181 g/mol. The first kappa shape index (κ1) is 10.0. The van der Waals surface area contributed by atoms with Gasteiger partial charge < -0.3 is 9.57 Å².